The molecule has 0 spiro atoms. The first-order valence-electron chi connectivity index (χ1n) is 2.34. The average molecular weight is 164 g/mol. The van der Waals surface area contributed by atoms with Gasteiger partial charge in [-0.05, 0) is 0 Å². The van der Waals surface area contributed by atoms with Gasteiger partial charge in [0.2, 0.25) is 0 Å². The summed E-state index contributed by atoms with van der Waals surface area (Å²) in [6, 6.07) is 0. The SMILES string of the molecule is C#CCCOS(C)(=O)=S. The van der Waals surface area contributed by atoms with Crippen LogP contribution in [-0.4, -0.2) is 17.1 Å². The maximum atomic E-state index is 10.6. The van der Waals surface area contributed by atoms with E-state index in [4.69, 9.17) is 6.42 Å². The van der Waals surface area contributed by atoms with E-state index in [1.807, 2.05) is 0 Å². The van der Waals surface area contributed by atoms with E-state index in [1.165, 1.54) is 6.26 Å². The summed E-state index contributed by atoms with van der Waals surface area (Å²) in [7, 11) is -2.46. The zero-order valence-electron chi connectivity index (χ0n) is 5.12. The quantitative estimate of drug-likeness (QED) is 0.444. The molecule has 0 radical (unpaired) electrons. The summed E-state index contributed by atoms with van der Waals surface area (Å²) < 4.78 is 15.3. The molecule has 0 rings (SSSR count). The average Bonchev–Trinajstić information content (AvgIpc) is 1.63. The molecular weight excluding hydrogens is 156 g/mol. The van der Waals surface area contributed by atoms with Crippen LogP contribution in [0.25, 0.3) is 0 Å². The predicted octanol–water partition coefficient (Wildman–Crippen LogP) is 0.317. The summed E-state index contributed by atoms with van der Waals surface area (Å²) in [5, 5.41) is 0. The first kappa shape index (κ1) is 8.89. The molecule has 1 unspecified atom stereocenters. The first-order valence-corrected chi connectivity index (χ1v) is 5.16. The highest BCUT2D eigenvalue weighted by Crippen LogP contribution is 1.88. The van der Waals surface area contributed by atoms with E-state index in [0.29, 0.717) is 6.42 Å². The van der Waals surface area contributed by atoms with Crippen molar-refractivity contribution in [2.24, 2.45) is 0 Å². The van der Waals surface area contributed by atoms with Crippen LogP contribution in [-0.2, 0) is 24.1 Å². The summed E-state index contributed by atoms with van der Waals surface area (Å²) in [5.74, 6) is 2.34. The molecule has 0 N–H and O–H groups in total. The Kier molecular flexibility index (Phi) is 3.78. The normalized spacial score (nSPS) is 16.0. The summed E-state index contributed by atoms with van der Waals surface area (Å²) in [4.78, 5) is 0. The van der Waals surface area contributed by atoms with E-state index in [9.17, 15) is 4.21 Å². The molecule has 1 atom stereocenters. The fraction of sp³-hybridized carbons (Fsp3) is 0.600. The third-order valence-corrected chi connectivity index (χ3v) is 1.43. The number of hydrogen-bond donors (Lipinski definition) is 0. The van der Waals surface area contributed by atoms with Crippen LogP contribution in [0.15, 0.2) is 0 Å². The van der Waals surface area contributed by atoms with Crippen molar-refractivity contribution in [1.29, 1.82) is 0 Å². The van der Waals surface area contributed by atoms with Crippen LogP contribution in [0.3, 0.4) is 0 Å². The second kappa shape index (κ2) is 3.83. The number of hydrogen-bond acceptors (Lipinski definition) is 3. The molecule has 0 aliphatic heterocycles. The summed E-state index contributed by atoms with van der Waals surface area (Å²) in [5.41, 5.74) is 0. The maximum Gasteiger partial charge on any atom is 0.141 e. The van der Waals surface area contributed by atoms with E-state index < -0.39 is 8.77 Å². The van der Waals surface area contributed by atoms with Crippen LogP contribution < -0.4 is 0 Å². The lowest BCUT2D eigenvalue weighted by Crippen LogP contribution is -2.01. The minimum absolute atomic E-state index is 0.287. The monoisotopic (exact) mass is 164 g/mol. The van der Waals surface area contributed by atoms with E-state index >= 15 is 0 Å². The minimum atomic E-state index is -2.46. The highest BCUT2D eigenvalue weighted by atomic mass is 32.8. The van der Waals surface area contributed by atoms with Gasteiger partial charge in [-0.2, -0.15) is 0 Å². The van der Waals surface area contributed by atoms with Crippen molar-refractivity contribution in [1.82, 2.24) is 0 Å². The Balaban J connectivity index is 3.44. The van der Waals surface area contributed by atoms with Crippen LogP contribution in [0, 0.1) is 12.3 Å². The molecule has 0 fully saturated rings. The second-order valence-electron chi connectivity index (χ2n) is 1.48. The Morgan fingerprint density at radius 2 is 2.44 bits per heavy atom. The molecule has 4 heteroatoms. The van der Waals surface area contributed by atoms with Gasteiger partial charge in [-0.15, -0.1) is 12.3 Å². The van der Waals surface area contributed by atoms with Crippen molar-refractivity contribution in [2.75, 3.05) is 12.9 Å². The summed E-state index contributed by atoms with van der Waals surface area (Å²) in [6.45, 7) is 0.287. The van der Waals surface area contributed by atoms with Gasteiger partial charge in [0.15, 0.2) is 0 Å². The van der Waals surface area contributed by atoms with E-state index in [0.717, 1.165) is 0 Å². The fourth-order valence-corrected chi connectivity index (χ4v) is 0.842. The molecule has 52 valence electrons. The molecule has 0 aromatic rings. The molecule has 9 heavy (non-hydrogen) atoms. The zero-order valence-corrected chi connectivity index (χ0v) is 6.76. The lowest BCUT2D eigenvalue weighted by molar-refractivity contribution is 0.359. The minimum Gasteiger partial charge on any atom is -0.289 e. The van der Waals surface area contributed by atoms with Crippen molar-refractivity contribution in [3.63, 3.8) is 0 Å². The lowest BCUT2D eigenvalue weighted by Gasteiger charge is -1.97. The molecule has 0 saturated heterocycles. The smallest absolute Gasteiger partial charge is 0.141 e. The molecule has 0 aromatic carbocycles. The van der Waals surface area contributed by atoms with E-state index in [-0.39, 0.29) is 6.61 Å². The molecule has 0 saturated carbocycles. The highest BCUT2D eigenvalue weighted by Gasteiger charge is 1.93. The Bertz CT molecular complexity index is 197. The fourth-order valence-electron chi connectivity index (χ4n) is 0.252. The maximum absolute atomic E-state index is 10.6. The van der Waals surface area contributed by atoms with Gasteiger partial charge in [-0.1, -0.05) is 0 Å². The molecular formula is C5H8O2S2. The van der Waals surface area contributed by atoms with Gasteiger partial charge in [-0.3, -0.25) is 4.18 Å². The first-order chi connectivity index (χ1) is 4.06. The van der Waals surface area contributed by atoms with E-state index in [1.54, 1.807) is 0 Å². The van der Waals surface area contributed by atoms with Gasteiger partial charge in [0.25, 0.3) is 0 Å². The molecule has 0 bridgehead atoms. The van der Waals surface area contributed by atoms with Crippen molar-refractivity contribution < 1.29 is 8.39 Å². The Labute approximate surface area is 60.5 Å². The predicted molar refractivity (Wildman–Crippen MR) is 40.8 cm³/mol. The van der Waals surface area contributed by atoms with Crippen molar-refractivity contribution >= 4 is 20.0 Å². The van der Waals surface area contributed by atoms with Gasteiger partial charge in [0.05, 0.1) is 6.61 Å². The highest BCUT2D eigenvalue weighted by molar-refractivity contribution is 8.29. The van der Waals surface area contributed by atoms with Crippen LogP contribution in [0.2, 0.25) is 0 Å². The van der Waals surface area contributed by atoms with Crippen LogP contribution in [0.4, 0.5) is 0 Å². The van der Waals surface area contributed by atoms with Gasteiger partial charge in [0.1, 0.15) is 8.77 Å². The molecule has 0 amide bonds. The van der Waals surface area contributed by atoms with Crippen molar-refractivity contribution in [3.8, 4) is 12.3 Å². The van der Waals surface area contributed by atoms with Gasteiger partial charge < -0.3 is 0 Å². The van der Waals surface area contributed by atoms with Crippen molar-refractivity contribution in [3.05, 3.63) is 0 Å². The Morgan fingerprint density at radius 1 is 1.89 bits per heavy atom. The summed E-state index contributed by atoms with van der Waals surface area (Å²) >= 11 is 4.44. The number of rotatable bonds is 3. The van der Waals surface area contributed by atoms with Crippen molar-refractivity contribution in [2.45, 2.75) is 6.42 Å². The molecule has 0 aliphatic carbocycles. The zero-order chi connectivity index (χ0) is 7.33. The topological polar surface area (TPSA) is 26.3 Å². The van der Waals surface area contributed by atoms with E-state index in [2.05, 4.69) is 21.3 Å². The molecule has 0 aromatic heterocycles. The van der Waals surface area contributed by atoms with Crippen LogP contribution in [0.1, 0.15) is 6.42 Å². The van der Waals surface area contributed by atoms with Crippen LogP contribution in [0.5, 0.6) is 0 Å². The van der Waals surface area contributed by atoms with Gasteiger partial charge in [-0.25, -0.2) is 4.21 Å². The number of terminal acetylenes is 1. The second-order valence-corrected chi connectivity index (χ2v) is 4.94. The third kappa shape index (κ3) is 7.89. The molecule has 0 heterocycles. The summed E-state index contributed by atoms with van der Waals surface area (Å²) in [6.07, 6.45) is 6.72. The Hall–Kier alpha value is -0.110. The standard InChI is InChI=1S/C5H8O2S2/c1-3-4-5-7-9(2,6)8/h1H,4-5H2,2H3. The van der Waals surface area contributed by atoms with Crippen LogP contribution >= 0.6 is 0 Å². The molecule has 0 aliphatic rings. The van der Waals surface area contributed by atoms with Gasteiger partial charge in [0, 0.05) is 23.9 Å². The van der Waals surface area contributed by atoms with Gasteiger partial charge >= 0.3 is 0 Å². The Morgan fingerprint density at radius 3 is 2.78 bits per heavy atom. The lowest BCUT2D eigenvalue weighted by atomic mass is 10.5. The third-order valence-electron chi connectivity index (χ3n) is 0.544. The molecule has 2 nitrogen and oxygen atoms in total. The largest absolute Gasteiger partial charge is 0.289 e.